The fraction of sp³-hybridized carbons (Fsp3) is 0.567. The van der Waals surface area contributed by atoms with Crippen molar-refractivity contribution in [2.45, 2.75) is 76.4 Å². The lowest BCUT2D eigenvalue weighted by molar-refractivity contribution is -0.151. The molecule has 246 valence electrons. The number of ether oxygens (including phenoxy) is 3. The average Bonchev–Trinajstić information content (AvgIpc) is 3.67. The van der Waals surface area contributed by atoms with Crippen molar-refractivity contribution in [3.63, 3.8) is 0 Å². The number of alkyl carbamates (subject to hydrolysis) is 1. The van der Waals surface area contributed by atoms with E-state index < -0.39 is 47.8 Å². The molecule has 0 aliphatic carbocycles. The lowest BCUT2D eigenvalue weighted by atomic mass is 10.0. The van der Waals surface area contributed by atoms with Gasteiger partial charge >= 0.3 is 18.2 Å². The molecule has 0 bridgehead atoms. The van der Waals surface area contributed by atoms with Gasteiger partial charge in [-0.2, -0.15) is 0 Å². The topological polar surface area (TPSA) is 143 Å². The van der Waals surface area contributed by atoms with Crippen LogP contribution in [-0.4, -0.2) is 101 Å². The lowest BCUT2D eigenvalue weighted by Gasteiger charge is -2.39. The zero-order chi connectivity index (χ0) is 32.7. The number of likely N-dealkylation sites (N-methyl/N-ethyl adjacent to an activating group) is 1. The molecule has 15 heteroatoms. The van der Waals surface area contributed by atoms with Crippen molar-refractivity contribution < 1.29 is 33.4 Å². The Kier molecular flexibility index (Phi) is 11.8. The van der Waals surface area contributed by atoms with Crippen LogP contribution in [0.15, 0.2) is 40.3 Å². The van der Waals surface area contributed by atoms with Gasteiger partial charge in [0.15, 0.2) is 0 Å². The summed E-state index contributed by atoms with van der Waals surface area (Å²) in [6.45, 7) is 6.61. The van der Waals surface area contributed by atoms with Gasteiger partial charge in [0.1, 0.15) is 33.9 Å². The van der Waals surface area contributed by atoms with Crippen LogP contribution in [0, 0.1) is 0 Å². The summed E-state index contributed by atoms with van der Waals surface area (Å²) >= 11 is 4.77. The number of nitrogens with zero attached hydrogens (tertiary/aromatic N) is 4. The number of hydrogen-bond donors (Lipinski definition) is 2. The van der Waals surface area contributed by atoms with E-state index in [2.05, 4.69) is 31.7 Å². The van der Waals surface area contributed by atoms with E-state index in [-0.39, 0.29) is 12.6 Å². The maximum absolute atomic E-state index is 14.3. The molecule has 0 radical (unpaired) electrons. The van der Waals surface area contributed by atoms with Crippen LogP contribution in [0.4, 0.5) is 9.59 Å². The fourth-order valence-corrected chi connectivity index (χ4v) is 6.79. The van der Waals surface area contributed by atoms with Crippen molar-refractivity contribution in [3.05, 3.63) is 50.9 Å². The van der Waals surface area contributed by atoms with Gasteiger partial charge < -0.3 is 24.4 Å². The van der Waals surface area contributed by atoms with E-state index in [1.54, 1.807) is 32.7 Å². The Hall–Kier alpha value is -3.27. The number of thiazole rings is 1. The van der Waals surface area contributed by atoms with E-state index in [4.69, 9.17) is 14.2 Å². The van der Waals surface area contributed by atoms with E-state index >= 15 is 0 Å². The number of carbonyl (C=O) groups is 4. The minimum absolute atomic E-state index is 0.155. The second kappa shape index (κ2) is 15.3. The van der Waals surface area contributed by atoms with Crippen LogP contribution in [0.1, 0.15) is 56.6 Å². The van der Waals surface area contributed by atoms with E-state index in [1.165, 1.54) is 23.5 Å². The molecule has 4 rings (SSSR count). The summed E-state index contributed by atoms with van der Waals surface area (Å²) < 4.78 is 16.6. The van der Waals surface area contributed by atoms with Crippen molar-refractivity contribution in [1.82, 2.24) is 30.5 Å². The summed E-state index contributed by atoms with van der Waals surface area (Å²) in [4.78, 5) is 61.0. The Morgan fingerprint density at radius 1 is 1.18 bits per heavy atom. The number of esters is 1. The standard InChI is InChI=1S/C30H41BrN6O7S/c1-30(2,3)44-28(40)33-23(26(38)37-14-9-12-21(34-37)27(39)42-5)24(25-32-22(31)18-45-25)36-15-13-20(16-36)35(4)29(41)43-17-19-10-7-6-8-11-19/h6-8,10-11,18,20-21,23-24,34H,9,12-17H2,1-5H3,(H,33,40)/t20-,21-,23-,24-/m0/s1. The Balaban J connectivity index is 1.58. The third-order valence-electron chi connectivity index (χ3n) is 7.57. The minimum atomic E-state index is -1.14. The number of hydrogen-bond acceptors (Lipinski definition) is 11. The van der Waals surface area contributed by atoms with E-state index in [1.807, 2.05) is 40.6 Å². The molecule has 2 aromatic rings. The van der Waals surface area contributed by atoms with Crippen LogP contribution >= 0.6 is 27.3 Å². The van der Waals surface area contributed by atoms with Gasteiger partial charge in [-0.3, -0.25) is 19.5 Å². The predicted octanol–water partition coefficient (Wildman–Crippen LogP) is 3.85. The SMILES string of the molecule is COC(=O)[C@@H]1CCCN(C(=O)[C@@H](NC(=O)OC(C)(C)C)[C@@H](c2nc(Br)cs2)N2CC[C@H](N(C)C(=O)OCc3ccccc3)C2)N1. The maximum atomic E-state index is 14.3. The summed E-state index contributed by atoms with van der Waals surface area (Å²) in [5, 5.41) is 6.58. The van der Waals surface area contributed by atoms with Gasteiger partial charge in [0, 0.05) is 38.1 Å². The van der Waals surface area contributed by atoms with Crippen LogP contribution in [0.5, 0.6) is 0 Å². The monoisotopic (exact) mass is 708 g/mol. The third-order valence-corrected chi connectivity index (χ3v) is 9.19. The molecule has 3 amide bonds. The number of rotatable bonds is 9. The van der Waals surface area contributed by atoms with Crippen molar-refractivity contribution in [2.24, 2.45) is 0 Å². The van der Waals surface area contributed by atoms with E-state index in [0.29, 0.717) is 48.5 Å². The van der Waals surface area contributed by atoms with Crippen LogP contribution in [0.3, 0.4) is 0 Å². The van der Waals surface area contributed by atoms with E-state index in [9.17, 15) is 19.2 Å². The van der Waals surface area contributed by atoms with Crippen molar-refractivity contribution in [3.8, 4) is 0 Å². The number of carbonyl (C=O) groups excluding carboxylic acids is 4. The van der Waals surface area contributed by atoms with E-state index in [0.717, 1.165) is 5.56 Å². The molecule has 45 heavy (non-hydrogen) atoms. The van der Waals surface area contributed by atoms with Crippen LogP contribution in [-0.2, 0) is 30.4 Å². The molecule has 1 aromatic heterocycles. The highest BCUT2D eigenvalue weighted by atomic mass is 79.9. The van der Waals surface area contributed by atoms with Crippen LogP contribution in [0.25, 0.3) is 0 Å². The summed E-state index contributed by atoms with van der Waals surface area (Å²) in [5.41, 5.74) is 3.06. The Bertz CT molecular complexity index is 1340. The quantitative estimate of drug-likeness (QED) is 0.291. The number of nitrogens with one attached hydrogen (secondary N) is 2. The summed E-state index contributed by atoms with van der Waals surface area (Å²) in [6.07, 6.45) is 0.460. The predicted molar refractivity (Wildman–Crippen MR) is 170 cm³/mol. The highest BCUT2D eigenvalue weighted by Gasteiger charge is 2.44. The molecule has 13 nitrogen and oxygen atoms in total. The first kappa shape index (κ1) is 34.6. The number of amides is 3. The average molecular weight is 710 g/mol. The normalized spacial score (nSPS) is 20.2. The Labute approximate surface area is 275 Å². The molecule has 2 saturated heterocycles. The van der Waals surface area contributed by atoms with Gasteiger partial charge in [-0.15, -0.1) is 11.3 Å². The molecular formula is C30H41BrN6O7S. The van der Waals surface area contributed by atoms with Gasteiger partial charge in [0.25, 0.3) is 5.91 Å². The molecule has 2 aliphatic rings. The molecule has 0 saturated carbocycles. The first-order chi connectivity index (χ1) is 21.4. The lowest BCUT2D eigenvalue weighted by Crippen LogP contribution is -2.62. The van der Waals surface area contributed by atoms with Crippen molar-refractivity contribution in [1.29, 1.82) is 0 Å². The summed E-state index contributed by atoms with van der Waals surface area (Å²) in [6, 6.07) is 6.68. The second-order valence-corrected chi connectivity index (χ2v) is 13.7. The molecule has 2 aliphatic heterocycles. The molecule has 3 heterocycles. The Morgan fingerprint density at radius 2 is 1.91 bits per heavy atom. The zero-order valence-electron chi connectivity index (χ0n) is 26.2. The second-order valence-electron chi connectivity index (χ2n) is 12.0. The maximum Gasteiger partial charge on any atom is 0.410 e. The van der Waals surface area contributed by atoms with Crippen molar-refractivity contribution >= 4 is 51.3 Å². The van der Waals surface area contributed by atoms with Gasteiger partial charge in [-0.25, -0.2) is 20.0 Å². The zero-order valence-corrected chi connectivity index (χ0v) is 28.6. The molecule has 0 unspecified atom stereocenters. The molecule has 4 atom stereocenters. The number of halogens is 1. The first-order valence-corrected chi connectivity index (χ1v) is 16.5. The highest BCUT2D eigenvalue weighted by Crippen LogP contribution is 2.34. The van der Waals surface area contributed by atoms with Gasteiger partial charge in [0.05, 0.1) is 13.2 Å². The fourth-order valence-electron chi connectivity index (χ4n) is 5.35. The Morgan fingerprint density at radius 3 is 2.56 bits per heavy atom. The van der Waals surface area contributed by atoms with Gasteiger partial charge in [-0.1, -0.05) is 30.3 Å². The van der Waals surface area contributed by atoms with Gasteiger partial charge in [0.2, 0.25) is 0 Å². The number of methoxy groups -OCH3 is 1. The van der Waals surface area contributed by atoms with Crippen molar-refractivity contribution in [2.75, 3.05) is 33.8 Å². The van der Waals surface area contributed by atoms with Crippen LogP contribution < -0.4 is 10.7 Å². The molecule has 1 aromatic carbocycles. The number of hydrazine groups is 1. The first-order valence-electron chi connectivity index (χ1n) is 14.8. The highest BCUT2D eigenvalue weighted by molar-refractivity contribution is 9.10. The molecular weight excluding hydrogens is 668 g/mol. The summed E-state index contributed by atoms with van der Waals surface area (Å²) in [7, 11) is 2.99. The molecule has 2 fully saturated rings. The largest absolute Gasteiger partial charge is 0.468 e. The number of aromatic nitrogens is 1. The molecule has 2 N–H and O–H groups in total. The number of likely N-dealkylation sites (tertiary alicyclic amines) is 1. The smallest absolute Gasteiger partial charge is 0.410 e. The minimum Gasteiger partial charge on any atom is -0.468 e. The summed E-state index contributed by atoms with van der Waals surface area (Å²) in [5.74, 6) is -0.931. The van der Waals surface area contributed by atoms with Crippen LogP contribution in [0.2, 0.25) is 0 Å². The molecule has 0 spiro atoms. The number of benzene rings is 1. The van der Waals surface area contributed by atoms with Gasteiger partial charge in [-0.05, 0) is 61.5 Å². The third kappa shape index (κ3) is 9.37.